The van der Waals surface area contributed by atoms with Crippen LogP contribution in [0.3, 0.4) is 0 Å². The maximum atomic E-state index is 14.0. The Morgan fingerprint density at radius 2 is 0.750 bits per heavy atom. The zero-order valence-corrected chi connectivity index (χ0v) is 35.7. The summed E-state index contributed by atoms with van der Waals surface area (Å²) in [4.78, 5) is 33.3. The zero-order chi connectivity index (χ0) is 41.4. The highest BCUT2D eigenvalue weighted by atomic mass is 16.1. The minimum Gasteiger partial charge on any atom is -0.289 e. The van der Waals surface area contributed by atoms with Gasteiger partial charge in [-0.15, -0.1) is 10.2 Å². The molecule has 1 heterocycles. The van der Waals surface area contributed by atoms with Crippen molar-refractivity contribution in [2.45, 2.75) is 96.9 Å². The maximum Gasteiger partial charge on any atom is 0.186 e. The van der Waals surface area contributed by atoms with Crippen molar-refractivity contribution >= 4 is 34.3 Å². The molecule has 0 bridgehead atoms. The van der Waals surface area contributed by atoms with E-state index in [1.807, 2.05) is 105 Å². The topological polar surface area (TPSA) is 96.5 Å². The molecule has 0 spiro atoms. The van der Waals surface area contributed by atoms with Crippen molar-refractivity contribution in [3.63, 3.8) is 0 Å². The number of carbonyl (C=O) groups is 2. The fourth-order valence-electron chi connectivity index (χ4n) is 6.53. The van der Waals surface area contributed by atoms with Gasteiger partial charge in [-0.1, -0.05) is 126 Å². The molecular formula is C49H57N5O2. The highest BCUT2D eigenvalue weighted by Gasteiger charge is 2.36. The lowest BCUT2D eigenvalue weighted by molar-refractivity contribution is -0.114. The van der Waals surface area contributed by atoms with Crippen LogP contribution in [0, 0.1) is 35.5 Å². The number of aromatic nitrogens is 1. The van der Waals surface area contributed by atoms with Gasteiger partial charge in [0.15, 0.2) is 11.6 Å². The van der Waals surface area contributed by atoms with Gasteiger partial charge in [0.25, 0.3) is 0 Å². The van der Waals surface area contributed by atoms with Gasteiger partial charge in [-0.2, -0.15) is 10.2 Å². The van der Waals surface area contributed by atoms with Gasteiger partial charge in [0.2, 0.25) is 0 Å². The van der Waals surface area contributed by atoms with E-state index in [0.29, 0.717) is 45.1 Å². The van der Waals surface area contributed by atoms with Gasteiger partial charge in [0, 0.05) is 33.4 Å². The molecule has 2 aromatic carbocycles. The number of nitrogens with zero attached hydrogens (tertiary/aromatic N) is 5. The fraction of sp³-hybridized carbons (Fsp3) is 0.367. The molecule has 0 saturated heterocycles. The first-order valence-electron chi connectivity index (χ1n) is 19.4. The minimum atomic E-state index is -0.430. The second-order valence-electron chi connectivity index (χ2n) is 18.9. The van der Waals surface area contributed by atoms with Crippen LogP contribution in [-0.4, -0.2) is 16.6 Å². The van der Waals surface area contributed by atoms with Crippen LogP contribution in [0.4, 0.5) is 11.4 Å². The average Bonchev–Trinajstić information content (AvgIpc) is 3.09. The number of hydrogen-bond donors (Lipinski definition) is 0. The first-order valence-corrected chi connectivity index (χ1v) is 19.4. The standard InChI is InChI=1S/C49H57N5O2/c1-30-20-15-17-22-38(30)51-53-42(32-26-34(46(3,4)5)44(55)35(27-32)47(6,7)8)40-24-19-25-41(50-40)43(54-52-39-23-18-16-21-31(39)2)33-28-36(48(9,10)11)45(56)37(29-33)49(12,13)14/h15-29H,1-14H3/b53-51+,54-52+. The molecule has 2 aliphatic carbocycles. The summed E-state index contributed by atoms with van der Waals surface area (Å²) in [5, 5.41) is 19.4. The summed E-state index contributed by atoms with van der Waals surface area (Å²) in [5.74, 6) is 0.0630. The molecule has 0 fully saturated rings. The average molecular weight is 748 g/mol. The Hall–Kier alpha value is -5.43. The van der Waals surface area contributed by atoms with E-state index < -0.39 is 21.7 Å². The molecule has 0 amide bonds. The molecule has 1 aromatic heterocycles. The Kier molecular flexibility index (Phi) is 11.6. The van der Waals surface area contributed by atoms with Crippen LogP contribution in [0.5, 0.6) is 0 Å². The van der Waals surface area contributed by atoms with Gasteiger partial charge in [-0.3, -0.25) is 9.59 Å². The fourth-order valence-corrected chi connectivity index (χ4v) is 6.53. The number of ketones is 2. The largest absolute Gasteiger partial charge is 0.289 e. The summed E-state index contributed by atoms with van der Waals surface area (Å²) >= 11 is 0. The first-order chi connectivity index (χ1) is 26.0. The number of carbonyl (C=O) groups excluding carboxylic acids is 2. The van der Waals surface area contributed by atoms with E-state index in [1.165, 1.54) is 0 Å². The third-order valence-electron chi connectivity index (χ3n) is 9.94. The van der Waals surface area contributed by atoms with Crippen molar-refractivity contribution < 1.29 is 9.59 Å². The Bertz CT molecular complexity index is 2100. The Morgan fingerprint density at radius 1 is 0.446 bits per heavy atom. The number of pyridine rings is 1. The summed E-state index contributed by atoms with van der Waals surface area (Å²) in [6.45, 7) is 28.7. The van der Waals surface area contributed by atoms with Crippen LogP contribution < -0.4 is 0 Å². The molecule has 2 aliphatic rings. The van der Waals surface area contributed by atoms with E-state index in [9.17, 15) is 9.59 Å². The SMILES string of the molecule is Cc1ccccc1/N=N/C(=C1C=C(C(C)(C)C)C(=O)C(C(C)(C)C)=C1)c1cccc(C(/N=N/c2ccccc2C)=C2C=C(C(C)(C)C)C(=O)C(C(C)(C)C)=C2)n1. The highest BCUT2D eigenvalue weighted by Crippen LogP contribution is 2.43. The predicted octanol–water partition coefficient (Wildman–Crippen LogP) is 13.7. The van der Waals surface area contributed by atoms with Gasteiger partial charge >= 0.3 is 0 Å². The van der Waals surface area contributed by atoms with Crippen LogP contribution >= 0.6 is 0 Å². The molecule has 0 aliphatic heterocycles. The molecule has 5 rings (SSSR count). The molecule has 0 saturated carbocycles. The number of azo groups is 2. The molecule has 0 atom stereocenters. The summed E-state index contributed by atoms with van der Waals surface area (Å²) in [6.07, 6.45) is 7.77. The summed E-state index contributed by atoms with van der Waals surface area (Å²) in [5.41, 5.74) is 8.11. The van der Waals surface area contributed by atoms with Crippen LogP contribution in [0.15, 0.2) is 145 Å². The van der Waals surface area contributed by atoms with Crippen molar-refractivity contribution in [1.82, 2.24) is 4.98 Å². The minimum absolute atomic E-state index is 0.0315. The molecule has 7 heteroatoms. The van der Waals surface area contributed by atoms with Crippen molar-refractivity contribution in [2.75, 3.05) is 0 Å². The zero-order valence-electron chi connectivity index (χ0n) is 35.7. The normalized spacial score (nSPS) is 16.0. The van der Waals surface area contributed by atoms with Crippen molar-refractivity contribution in [3.8, 4) is 0 Å². The van der Waals surface area contributed by atoms with Gasteiger partial charge in [-0.05, 0) is 95.2 Å². The van der Waals surface area contributed by atoms with Gasteiger partial charge in [0.1, 0.15) is 11.4 Å². The molecule has 3 aromatic rings. The molecule has 290 valence electrons. The number of benzene rings is 2. The van der Waals surface area contributed by atoms with Crippen LogP contribution in [0.1, 0.15) is 106 Å². The Balaban J connectivity index is 1.87. The molecule has 0 N–H and O–H groups in total. The first kappa shape index (κ1) is 41.7. The smallest absolute Gasteiger partial charge is 0.186 e. The number of rotatable bonds is 6. The van der Waals surface area contributed by atoms with E-state index >= 15 is 0 Å². The maximum absolute atomic E-state index is 14.0. The monoisotopic (exact) mass is 747 g/mol. The second kappa shape index (κ2) is 15.6. The second-order valence-corrected chi connectivity index (χ2v) is 18.9. The quantitative estimate of drug-likeness (QED) is 0.235. The molecule has 7 nitrogen and oxygen atoms in total. The predicted molar refractivity (Wildman–Crippen MR) is 230 cm³/mol. The number of aryl methyl sites for hydroxylation is 2. The van der Waals surface area contributed by atoms with Crippen LogP contribution in [-0.2, 0) is 9.59 Å². The Morgan fingerprint density at radius 3 is 1.04 bits per heavy atom. The molecule has 56 heavy (non-hydrogen) atoms. The lowest BCUT2D eigenvalue weighted by Gasteiger charge is -2.31. The van der Waals surface area contributed by atoms with E-state index in [4.69, 9.17) is 25.4 Å². The lowest BCUT2D eigenvalue weighted by Crippen LogP contribution is -2.28. The van der Waals surface area contributed by atoms with Crippen molar-refractivity contribution in [1.29, 1.82) is 0 Å². The van der Waals surface area contributed by atoms with Gasteiger partial charge in [0.05, 0.1) is 22.8 Å². The lowest BCUT2D eigenvalue weighted by atomic mass is 9.71. The molecular weight excluding hydrogens is 691 g/mol. The van der Waals surface area contributed by atoms with Crippen LogP contribution in [0.25, 0.3) is 11.4 Å². The molecule has 0 unspecified atom stereocenters. The molecule has 0 radical (unpaired) electrons. The van der Waals surface area contributed by atoms with E-state index in [0.717, 1.165) is 33.6 Å². The number of hydrogen-bond acceptors (Lipinski definition) is 7. The summed E-state index contributed by atoms with van der Waals surface area (Å²) in [7, 11) is 0. The number of Topliss-reactive ketones (excluding diaryl/α,β-unsaturated/α-hetero) is 2. The third-order valence-corrected chi connectivity index (χ3v) is 9.94. The number of allylic oxidation sites excluding steroid dienone is 10. The van der Waals surface area contributed by atoms with Crippen LogP contribution in [0.2, 0.25) is 0 Å². The van der Waals surface area contributed by atoms with Gasteiger partial charge in [-0.25, -0.2) is 4.98 Å². The van der Waals surface area contributed by atoms with E-state index in [1.54, 1.807) is 0 Å². The summed E-state index contributed by atoms with van der Waals surface area (Å²) < 4.78 is 0. The summed E-state index contributed by atoms with van der Waals surface area (Å²) in [6, 6.07) is 21.4. The highest BCUT2D eigenvalue weighted by molar-refractivity contribution is 6.13. The van der Waals surface area contributed by atoms with Crippen molar-refractivity contribution in [2.24, 2.45) is 42.1 Å². The Labute approximate surface area is 334 Å². The van der Waals surface area contributed by atoms with Gasteiger partial charge < -0.3 is 0 Å². The third kappa shape index (κ3) is 9.32. The van der Waals surface area contributed by atoms with E-state index in [2.05, 4.69) is 83.1 Å². The van der Waals surface area contributed by atoms with Crippen molar-refractivity contribution in [3.05, 3.63) is 147 Å². The van der Waals surface area contributed by atoms with E-state index in [-0.39, 0.29) is 11.6 Å².